The van der Waals surface area contributed by atoms with Crippen molar-refractivity contribution in [2.45, 2.75) is 43.7 Å². The molecule has 0 radical (unpaired) electrons. The molecule has 128 valence electrons. The Hall–Kier alpha value is -1.75. The Morgan fingerprint density at radius 2 is 1.92 bits per heavy atom. The molecule has 0 spiro atoms. The first-order valence-corrected chi connectivity index (χ1v) is 9.22. The highest BCUT2D eigenvalue weighted by Gasteiger charge is 2.47. The molecule has 4 aliphatic rings. The molecule has 3 aliphatic heterocycles. The van der Waals surface area contributed by atoms with E-state index in [4.69, 9.17) is 9.47 Å². The minimum atomic E-state index is 0.157. The van der Waals surface area contributed by atoms with Gasteiger partial charge in [-0.05, 0) is 49.3 Å². The zero-order valence-corrected chi connectivity index (χ0v) is 13.9. The van der Waals surface area contributed by atoms with Crippen LogP contribution in [-0.4, -0.2) is 49.2 Å². The molecule has 5 rings (SSSR count). The van der Waals surface area contributed by atoms with E-state index in [1.807, 2.05) is 6.07 Å². The van der Waals surface area contributed by atoms with Gasteiger partial charge < -0.3 is 19.7 Å². The molecule has 3 heterocycles. The van der Waals surface area contributed by atoms with Crippen LogP contribution in [0.15, 0.2) is 18.2 Å². The Labute approximate surface area is 142 Å². The van der Waals surface area contributed by atoms with Crippen molar-refractivity contribution in [3.63, 3.8) is 0 Å². The highest BCUT2D eigenvalue weighted by Crippen LogP contribution is 2.50. The molecule has 1 saturated carbocycles. The number of rotatable bonds is 2. The second kappa shape index (κ2) is 5.66. The molecule has 4 atom stereocenters. The van der Waals surface area contributed by atoms with Gasteiger partial charge in [-0.15, -0.1) is 0 Å². The molecule has 1 N–H and O–H groups in total. The van der Waals surface area contributed by atoms with E-state index in [0.29, 0.717) is 37.1 Å². The molecule has 1 aromatic rings. The van der Waals surface area contributed by atoms with E-state index in [0.717, 1.165) is 37.4 Å². The van der Waals surface area contributed by atoms with Gasteiger partial charge in [-0.25, -0.2) is 0 Å². The second-order valence-electron chi connectivity index (χ2n) is 7.56. The number of likely N-dealkylation sites (tertiary alicyclic amines) is 1. The highest BCUT2D eigenvalue weighted by atomic mass is 16.6. The summed E-state index contributed by atoms with van der Waals surface area (Å²) in [5, 5.41) is 3.65. The smallest absolute Gasteiger partial charge is 0.226 e. The topological polar surface area (TPSA) is 50.8 Å². The standard InChI is InChI=1S/C19H24N2O3/c22-19(21-6-5-13-2-3-14(11-21)20-13)16-10-15(16)12-1-4-17-18(9-12)24-8-7-23-17/h1,4,9,13-16,20H,2-3,5-8,10-11H2. The van der Waals surface area contributed by atoms with Gasteiger partial charge in [0.25, 0.3) is 0 Å². The summed E-state index contributed by atoms with van der Waals surface area (Å²) in [7, 11) is 0. The number of nitrogens with one attached hydrogen (secondary N) is 1. The summed E-state index contributed by atoms with van der Waals surface area (Å²) in [5.74, 6) is 2.51. The summed E-state index contributed by atoms with van der Waals surface area (Å²) in [6.07, 6.45) is 4.56. The zero-order valence-electron chi connectivity index (χ0n) is 13.9. The molecule has 1 aliphatic carbocycles. The Balaban J connectivity index is 1.27. The molecule has 0 aromatic heterocycles. The van der Waals surface area contributed by atoms with Crippen molar-refractivity contribution in [1.82, 2.24) is 10.2 Å². The Kier molecular flexibility index (Phi) is 3.44. The van der Waals surface area contributed by atoms with Crippen LogP contribution in [0.2, 0.25) is 0 Å². The molecule has 5 nitrogen and oxygen atoms in total. The second-order valence-corrected chi connectivity index (χ2v) is 7.56. The van der Waals surface area contributed by atoms with Crippen molar-refractivity contribution in [1.29, 1.82) is 0 Å². The molecule has 5 heteroatoms. The minimum absolute atomic E-state index is 0.157. The van der Waals surface area contributed by atoms with Gasteiger partial charge in [0.05, 0.1) is 0 Å². The summed E-state index contributed by atoms with van der Waals surface area (Å²) >= 11 is 0. The molecule has 1 aromatic carbocycles. The van der Waals surface area contributed by atoms with E-state index in [2.05, 4.69) is 22.3 Å². The number of hydrogen-bond acceptors (Lipinski definition) is 4. The third-order valence-corrected chi connectivity index (χ3v) is 5.94. The van der Waals surface area contributed by atoms with Crippen LogP contribution in [0.3, 0.4) is 0 Å². The van der Waals surface area contributed by atoms with E-state index < -0.39 is 0 Å². The van der Waals surface area contributed by atoms with Gasteiger partial charge in [-0.3, -0.25) is 4.79 Å². The van der Waals surface area contributed by atoms with Gasteiger partial charge in [0.1, 0.15) is 13.2 Å². The van der Waals surface area contributed by atoms with Crippen LogP contribution in [0.25, 0.3) is 0 Å². The van der Waals surface area contributed by atoms with Crippen molar-refractivity contribution in [3.8, 4) is 11.5 Å². The predicted molar refractivity (Wildman–Crippen MR) is 89.4 cm³/mol. The van der Waals surface area contributed by atoms with Crippen LogP contribution >= 0.6 is 0 Å². The predicted octanol–water partition coefficient (Wildman–Crippen LogP) is 1.91. The molecule has 1 amide bonds. The van der Waals surface area contributed by atoms with E-state index in [1.165, 1.54) is 18.4 Å². The third-order valence-electron chi connectivity index (χ3n) is 5.94. The number of carbonyl (C=O) groups excluding carboxylic acids is 1. The fourth-order valence-electron chi connectivity index (χ4n) is 4.50. The summed E-state index contributed by atoms with van der Waals surface area (Å²) in [6, 6.07) is 7.28. The lowest BCUT2D eigenvalue weighted by Gasteiger charge is -2.24. The van der Waals surface area contributed by atoms with Crippen LogP contribution in [0, 0.1) is 5.92 Å². The van der Waals surface area contributed by atoms with Crippen molar-refractivity contribution < 1.29 is 14.3 Å². The Bertz CT molecular complexity index is 662. The first kappa shape index (κ1) is 14.6. The van der Waals surface area contributed by atoms with E-state index in [9.17, 15) is 4.79 Å². The molecule has 2 bridgehead atoms. The van der Waals surface area contributed by atoms with Gasteiger partial charge in [0.2, 0.25) is 5.91 Å². The fourth-order valence-corrected chi connectivity index (χ4v) is 4.50. The summed E-state index contributed by atoms with van der Waals surface area (Å²) in [4.78, 5) is 15.0. The maximum absolute atomic E-state index is 12.9. The molecular formula is C19H24N2O3. The van der Waals surface area contributed by atoms with Crippen LogP contribution in [0.1, 0.15) is 37.2 Å². The number of benzene rings is 1. The number of hydrogen-bond donors (Lipinski definition) is 1. The normalized spacial score (nSPS) is 33.9. The van der Waals surface area contributed by atoms with E-state index >= 15 is 0 Å². The zero-order chi connectivity index (χ0) is 16.1. The third kappa shape index (κ3) is 2.55. The number of amides is 1. The van der Waals surface area contributed by atoms with Gasteiger partial charge in [-0.1, -0.05) is 6.07 Å². The summed E-state index contributed by atoms with van der Waals surface area (Å²) in [5.41, 5.74) is 1.21. The lowest BCUT2D eigenvalue weighted by Crippen LogP contribution is -2.40. The average molecular weight is 328 g/mol. The largest absolute Gasteiger partial charge is 0.486 e. The van der Waals surface area contributed by atoms with Crippen molar-refractivity contribution in [2.75, 3.05) is 26.3 Å². The van der Waals surface area contributed by atoms with Gasteiger partial charge in [-0.2, -0.15) is 0 Å². The van der Waals surface area contributed by atoms with Gasteiger partial charge in [0.15, 0.2) is 11.5 Å². The molecule has 3 fully saturated rings. The number of fused-ring (bicyclic) bond motifs is 3. The Morgan fingerprint density at radius 1 is 1.08 bits per heavy atom. The monoisotopic (exact) mass is 328 g/mol. The van der Waals surface area contributed by atoms with Crippen molar-refractivity contribution >= 4 is 5.91 Å². The average Bonchev–Trinajstić information content (AvgIpc) is 3.32. The fraction of sp³-hybridized carbons (Fsp3) is 0.632. The summed E-state index contributed by atoms with van der Waals surface area (Å²) < 4.78 is 11.3. The first-order chi connectivity index (χ1) is 11.8. The minimum Gasteiger partial charge on any atom is -0.486 e. The van der Waals surface area contributed by atoms with E-state index in [-0.39, 0.29) is 5.92 Å². The lowest BCUT2D eigenvalue weighted by molar-refractivity contribution is -0.132. The van der Waals surface area contributed by atoms with E-state index in [1.54, 1.807) is 0 Å². The number of carbonyl (C=O) groups is 1. The van der Waals surface area contributed by atoms with Gasteiger partial charge >= 0.3 is 0 Å². The number of nitrogens with zero attached hydrogens (tertiary/aromatic N) is 1. The summed E-state index contributed by atoms with van der Waals surface area (Å²) in [6.45, 7) is 3.02. The van der Waals surface area contributed by atoms with Crippen LogP contribution < -0.4 is 14.8 Å². The van der Waals surface area contributed by atoms with Crippen molar-refractivity contribution in [3.05, 3.63) is 23.8 Å². The lowest BCUT2D eigenvalue weighted by atomic mass is 10.1. The maximum atomic E-state index is 12.9. The highest BCUT2D eigenvalue weighted by molar-refractivity contribution is 5.83. The molecule has 4 unspecified atom stereocenters. The SMILES string of the molecule is O=C(C1CC1c1ccc2c(c1)OCCO2)N1CCC2CCC(C1)N2. The number of ether oxygens (including phenoxy) is 2. The first-order valence-electron chi connectivity index (χ1n) is 9.22. The molecule has 24 heavy (non-hydrogen) atoms. The Morgan fingerprint density at radius 3 is 2.83 bits per heavy atom. The van der Waals surface area contributed by atoms with Crippen molar-refractivity contribution in [2.24, 2.45) is 5.92 Å². The van der Waals surface area contributed by atoms with Gasteiger partial charge in [0, 0.05) is 31.1 Å². The van der Waals surface area contributed by atoms with Crippen LogP contribution in [0.5, 0.6) is 11.5 Å². The van der Waals surface area contributed by atoms with Crippen LogP contribution in [0.4, 0.5) is 0 Å². The van der Waals surface area contributed by atoms with Crippen LogP contribution in [-0.2, 0) is 4.79 Å². The molecule has 2 saturated heterocycles. The quantitative estimate of drug-likeness (QED) is 0.901. The maximum Gasteiger partial charge on any atom is 0.226 e. The molecular weight excluding hydrogens is 304 g/mol.